The summed E-state index contributed by atoms with van der Waals surface area (Å²) in [7, 11) is 0. The summed E-state index contributed by atoms with van der Waals surface area (Å²) in [6.07, 6.45) is 3.32. The lowest BCUT2D eigenvalue weighted by Gasteiger charge is -2.15. The first-order chi connectivity index (χ1) is 15.2. The molecule has 0 aliphatic carbocycles. The van der Waals surface area contributed by atoms with Crippen LogP contribution in [0.1, 0.15) is 23.6 Å². The maximum atomic E-state index is 13.3. The molecule has 4 rings (SSSR count). The summed E-state index contributed by atoms with van der Waals surface area (Å²) in [6.45, 7) is 2.71. The maximum absolute atomic E-state index is 13.3. The fourth-order valence-corrected chi connectivity index (χ4v) is 4.46. The SMILES string of the molecule is CCOc1ccc(C2=C(SCc3ccccc3)C(=O)N(Cc3ccncc3)C2=O)cc1. The molecule has 0 atom stereocenters. The van der Waals surface area contributed by atoms with Gasteiger partial charge in [-0.3, -0.25) is 19.5 Å². The minimum absolute atomic E-state index is 0.218. The number of hydrogen-bond acceptors (Lipinski definition) is 5. The molecule has 0 fully saturated rings. The highest BCUT2D eigenvalue weighted by molar-refractivity contribution is 8.03. The molecule has 0 N–H and O–H groups in total. The molecule has 31 heavy (non-hydrogen) atoms. The number of rotatable bonds is 8. The lowest BCUT2D eigenvalue weighted by molar-refractivity contribution is -0.137. The number of thioether (sulfide) groups is 1. The third-order valence-corrected chi connectivity index (χ3v) is 6.04. The molecule has 1 aliphatic heterocycles. The van der Waals surface area contributed by atoms with Crippen LogP contribution in [0.2, 0.25) is 0 Å². The monoisotopic (exact) mass is 430 g/mol. The smallest absolute Gasteiger partial charge is 0.268 e. The van der Waals surface area contributed by atoms with E-state index in [-0.39, 0.29) is 18.4 Å². The van der Waals surface area contributed by atoms with E-state index in [4.69, 9.17) is 4.74 Å². The van der Waals surface area contributed by atoms with E-state index in [1.54, 1.807) is 12.4 Å². The summed E-state index contributed by atoms with van der Waals surface area (Å²) < 4.78 is 5.51. The molecule has 0 radical (unpaired) electrons. The van der Waals surface area contributed by atoms with Crippen LogP contribution in [0, 0.1) is 0 Å². The molecule has 0 bridgehead atoms. The van der Waals surface area contributed by atoms with Crippen molar-refractivity contribution in [2.75, 3.05) is 6.61 Å². The zero-order valence-electron chi connectivity index (χ0n) is 17.2. The molecule has 3 aromatic rings. The van der Waals surface area contributed by atoms with Crippen LogP contribution >= 0.6 is 11.8 Å². The molecule has 2 amide bonds. The molecule has 0 saturated heterocycles. The highest BCUT2D eigenvalue weighted by Crippen LogP contribution is 2.38. The van der Waals surface area contributed by atoms with Crippen LogP contribution < -0.4 is 4.74 Å². The topological polar surface area (TPSA) is 59.5 Å². The summed E-state index contributed by atoms with van der Waals surface area (Å²) in [4.78, 5) is 32.4. The standard InChI is InChI=1S/C25H22N2O3S/c1-2-30-21-10-8-20(9-11-21)22-23(31-17-19-6-4-3-5-7-19)25(29)27(24(22)28)16-18-12-14-26-15-13-18/h3-15H,2,16-17H2,1H3. The van der Waals surface area contributed by atoms with Crippen LogP contribution in [-0.2, 0) is 21.9 Å². The summed E-state index contributed by atoms with van der Waals surface area (Å²) >= 11 is 1.40. The zero-order valence-corrected chi connectivity index (χ0v) is 18.0. The van der Waals surface area contributed by atoms with Crippen molar-refractivity contribution in [2.24, 2.45) is 0 Å². The van der Waals surface area contributed by atoms with E-state index < -0.39 is 0 Å². The van der Waals surface area contributed by atoms with Gasteiger partial charge in [-0.05, 0) is 47.9 Å². The van der Waals surface area contributed by atoms with E-state index in [0.717, 1.165) is 22.4 Å². The third kappa shape index (κ3) is 4.70. The Hall–Kier alpha value is -3.38. The molecular formula is C25H22N2O3S. The van der Waals surface area contributed by atoms with Crippen molar-refractivity contribution < 1.29 is 14.3 Å². The normalized spacial score (nSPS) is 13.8. The Labute approximate surface area is 185 Å². The first kappa shape index (κ1) is 20.9. The largest absolute Gasteiger partial charge is 0.494 e. The molecule has 1 aromatic heterocycles. The van der Waals surface area contributed by atoms with E-state index in [9.17, 15) is 9.59 Å². The molecule has 0 spiro atoms. The Kier molecular flexibility index (Phi) is 6.48. The molecule has 0 unspecified atom stereocenters. The average Bonchev–Trinajstić information content (AvgIpc) is 3.04. The lowest BCUT2D eigenvalue weighted by atomic mass is 10.1. The van der Waals surface area contributed by atoms with E-state index in [0.29, 0.717) is 22.8 Å². The number of ether oxygens (including phenoxy) is 1. The first-order valence-corrected chi connectivity index (χ1v) is 11.0. The predicted octanol–water partition coefficient (Wildman–Crippen LogP) is 4.69. The van der Waals surface area contributed by atoms with E-state index in [2.05, 4.69) is 4.98 Å². The van der Waals surface area contributed by atoms with Crippen LogP contribution in [0.15, 0.2) is 84.0 Å². The Bertz CT molecular complexity index is 1100. The van der Waals surface area contributed by atoms with Crippen molar-refractivity contribution in [1.29, 1.82) is 0 Å². The highest BCUT2D eigenvalue weighted by atomic mass is 32.2. The third-order valence-electron chi connectivity index (χ3n) is 4.90. The summed E-state index contributed by atoms with van der Waals surface area (Å²) in [5, 5.41) is 0. The summed E-state index contributed by atoms with van der Waals surface area (Å²) in [5.41, 5.74) is 3.12. The van der Waals surface area contributed by atoms with Gasteiger partial charge in [-0.25, -0.2) is 0 Å². The van der Waals surface area contributed by atoms with Crippen LogP contribution in [0.4, 0.5) is 0 Å². The first-order valence-electron chi connectivity index (χ1n) is 10.1. The van der Waals surface area contributed by atoms with Gasteiger partial charge in [0.1, 0.15) is 5.75 Å². The number of carbonyl (C=O) groups excluding carboxylic acids is 2. The van der Waals surface area contributed by atoms with Gasteiger partial charge in [-0.15, -0.1) is 11.8 Å². The minimum atomic E-state index is -0.276. The van der Waals surface area contributed by atoms with E-state index in [1.165, 1.54) is 16.7 Å². The minimum Gasteiger partial charge on any atom is -0.494 e. The van der Waals surface area contributed by atoms with Crippen LogP contribution in [0.3, 0.4) is 0 Å². The number of imide groups is 1. The van der Waals surface area contributed by atoms with Crippen molar-refractivity contribution in [3.8, 4) is 5.75 Å². The molecule has 6 heteroatoms. The number of benzene rings is 2. The van der Waals surface area contributed by atoms with Crippen LogP contribution in [0.5, 0.6) is 5.75 Å². The van der Waals surface area contributed by atoms with Gasteiger partial charge in [0, 0.05) is 18.1 Å². The molecule has 156 valence electrons. The molecule has 1 aliphatic rings. The fraction of sp³-hybridized carbons (Fsp3) is 0.160. The number of hydrogen-bond donors (Lipinski definition) is 0. The molecule has 2 heterocycles. The molecule has 0 saturated carbocycles. The zero-order chi connectivity index (χ0) is 21.6. The van der Waals surface area contributed by atoms with Gasteiger partial charge in [0.25, 0.3) is 11.8 Å². The maximum Gasteiger partial charge on any atom is 0.268 e. The second kappa shape index (κ2) is 9.62. The second-order valence-electron chi connectivity index (χ2n) is 6.99. The van der Waals surface area contributed by atoms with Gasteiger partial charge in [0.2, 0.25) is 0 Å². The quantitative estimate of drug-likeness (QED) is 0.485. The average molecular weight is 431 g/mol. The highest BCUT2D eigenvalue weighted by Gasteiger charge is 2.39. The Morgan fingerprint density at radius 1 is 0.871 bits per heavy atom. The van der Waals surface area contributed by atoms with Crippen LogP contribution in [0.25, 0.3) is 5.57 Å². The van der Waals surface area contributed by atoms with E-state index >= 15 is 0 Å². The molecule has 2 aromatic carbocycles. The van der Waals surface area contributed by atoms with Crippen molar-refractivity contribution in [1.82, 2.24) is 9.88 Å². The second-order valence-corrected chi connectivity index (χ2v) is 7.97. The van der Waals surface area contributed by atoms with Gasteiger partial charge in [-0.2, -0.15) is 0 Å². The van der Waals surface area contributed by atoms with E-state index in [1.807, 2.05) is 73.7 Å². The molecular weight excluding hydrogens is 408 g/mol. The van der Waals surface area contributed by atoms with Crippen molar-refractivity contribution in [2.45, 2.75) is 19.2 Å². The number of aromatic nitrogens is 1. The van der Waals surface area contributed by atoms with Gasteiger partial charge in [-0.1, -0.05) is 42.5 Å². The van der Waals surface area contributed by atoms with Gasteiger partial charge >= 0.3 is 0 Å². The van der Waals surface area contributed by atoms with Crippen molar-refractivity contribution in [3.63, 3.8) is 0 Å². The van der Waals surface area contributed by atoms with Crippen molar-refractivity contribution in [3.05, 3.63) is 101 Å². The number of pyridine rings is 1. The van der Waals surface area contributed by atoms with Gasteiger partial charge in [0.05, 0.1) is 23.6 Å². The number of amides is 2. The number of nitrogens with zero attached hydrogens (tertiary/aromatic N) is 2. The number of carbonyl (C=O) groups is 2. The summed E-state index contributed by atoms with van der Waals surface area (Å²) in [5.74, 6) is 0.808. The van der Waals surface area contributed by atoms with Gasteiger partial charge < -0.3 is 4.74 Å². The predicted molar refractivity (Wildman–Crippen MR) is 122 cm³/mol. The summed E-state index contributed by atoms with van der Waals surface area (Å²) in [6, 6.07) is 20.9. The molecule has 5 nitrogen and oxygen atoms in total. The van der Waals surface area contributed by atoms with Gasteiger partial charge in [0.15, 0.2) is 0 Å². The fourth-order valence-electron chi connectivity index (χ4n) is 3.37. The van der Waals surface area contributed by atoms with Crippen molar-refractivity contribution >= 4 is 29.1 Å². The Balaban J connectivity index is 1.66. The van der Waals surface area contributed by atoms with Crippen LogP contribution in [-0.4, -0.2) is 28.3 Å². The lowest BCUT2D eigenvalue weighted by Crippen LogP contribution is -2.30. The Morgan fingerprint density at radius 2 is 1.58 bits per heavy atom. The Morgan fingerprint density at radius 3 is 2.26 bits per heavy atom.